The van der Waals surface area contributed by atoms with Gasteiger partial charge in [-0.05, 0) is 200 Å². The predicted octanol–water partition coefficient (Wildman–Crippen LogP) is 14.2. The third kappa shape index (κ3) is 7.46. The molecule has 7 aromatic carbocycles. The number of rotatable bonds is 6. The lowest BCUT2D eigenvalue weighted by Crippen LogP contribution is -2.24. The molecule has 0 saturated carbocycles. The zero-order valence-corrected chi connectivity index (χ0v) is 35.5. The number of halogens is 4. The van der Waals surface area contributed by atoms with Crippen LogP contribution in [0, 0.1) is 23.3 Å². The van der Waals surface area contributed by atoms with Crippen LogP contribution in [0.2, 0.25) is 0 Å². The summed E-state index contributed by atoms with van der Waals surface area (Å²) in [5, 5.41) is 6.01. The van der Waals surface area contributed by atoms with Crippen LogP contribution < -0.4 is 20.2 Å². The van der Waals surface area contributed by atoms with Gasteiger partial charge in [0.1, 0.15) is 33.3 Å². The quantitative estimate of drug-likeness (QED) is 0.154. The number of fused-ring (bicyclic) bond motifs is 2. The summed E-state index contributed by atoms with van der Waals surface area (Å²) in [4.78, 5) is 4.35. The van der Waals surface area contributed by atoms with E-state index in [-0.39, 0.29) is 23.3 Å². The Balaban J connectivity index is 1.12. The van der Waals surface area contributed by atoms with Crippen molar-refractivity contribution in [2.45, 2.75) is 0 Å². The molecule has 64 heavy (non-hydrogen) atoms. The fourth-order valence-electron chi connectivity index (χ4n) is 8.34. The summed E-state index contributed by atoms with van der Waals surface area (Å²) in [5.74, 6) is -1.32. The van der Waals surface area contributed by atoms with E-state index in [4.69, 9.17) is 0 Å². The van der Waals surface area contributed by atoms with Gasteiger partial charge in [-0.2, -0.15) is 0 Å². The van der Waals surface area contributed by atoms with E-state index in [9.17, 15) is 17.6 Å². The molecule has 2 aliphatic heterocycles. The van der Waals surface area contributed by atoms with E-state index in [2.05, 4.69) is 94.8 Å². The average Bonchev–Trinajstić information content (AvgIpc) is 3.97. The number of thiophene rings is 2. The van der Waals surface area contributed by atoms with Crippen LogP contribution in [0.3, 0.4) is 0 Å². The van der Waals surface area contributed by atoms with Gasteiger partial charge in [-0.25, -0.2) is 17.6 Å². The third-order valence-corrected chi connectivity index (χ3v) is 13.7. The standard InChI is InChI=1S/C56H34F4N2S2/c57-45-21-13-37(14-22-45)49-29-43(30-50(38-15-23-46(58)24-16-38)61(49)55-33-41-5-1-3-7-53(41)63-55)35-9-11-36(12-10-35)44-31-51(39-17-25-47(59)26-18-39)62(52(32-44)40-19-27-48(60)28-20-40)56-34-42-6-2-4-8-54(42)64-56/h1-34H. The summed E-state index contributed by atoms with van der Waals surface area (Å²) in [5.41, 5.74) is 8.47. The van der Waals surface area contributed by atoms with Crippen molar-refractivity contribution in [3.63, 3.8) is 0 Å². The van der Waals surface area contributed by atoms with Crippen LogP contribution in [0.15, 0.2) is 206 Å². The minimum atomic E-state index is -0.330. The van der Waals surface area contributed by atoms with Gasteiger partial charge in [-0.3, -0.25) is 0 Å². The minimum absolute atomic E-state index is 0.330. The summed E-state index contributed by atoms with van der Waals surface area (Å²) < 4.78 is 60.0. The van der Waals surface area contributed by atoms with E-state index in [1.54, 1.807) is 71.2 Å². The third-order valence-electron chi connectivity index (χ3n) is 11.5. The molecule has 11 rings (SSSR count). The molecule has 9 aromatic rings. The maximum Gasteiger partial charge on any atom is 0.123 e. The van der Waals surface area contributed by atoms with Crippen molar-refractivity contribution in [2.75, 3.05) is 9.80 Å². The van der Waals surface area contributed by atoms with Crippen molar-refractivity contribution in [3.8, 4) is 0 Å². The van der Waals surface area contributed by atoms with Gasteiger partial charge in [0.2, 0.25) is 0 Å². The first kappa shape index (κ1) is 39.3. The van der Waals surface area contributed by atoms with Gasteiger partial charge in [-0.15, -0.1) is 22.7 Å². The zero-order chi connectivity index (χ0) is 43.3. The van der Waals surface area contributed by atoms with Gasteiger partial charge >= 0.3 is 0 Å². The van der Waals surface area contributed by atoms with Crippen molar-refractivity contribution in [1.29, 1.82) is 0 Å². The summed E-state index contributed by atoms with van der Waals surface area (Å²) in [6.07, 6.45) is 8.48. The van der Waals surface area contributed by atoms with Crippen LogP contribution in [0.25, 0.3) is 54.1 Å². The summed E-state index contributed by atoms with van der Waals surface area (Å²) in [7, 11) is 0. The molecule has 2 aliphatic rings. The Hall–Kier alpha value is -7.52. The Bertz CT molecular complexity index is 3070. The Morgan fingerprint density at radius 2 is 0.594 bits per heavy atom. The second-order valence-electron chi connectivity index (χ2n) is 15.5. The number of nitrogens with zero attached hydrogens (tertiary/aromatic N) is 2. The van der Waals surface area contributed by atoms with Crippen molar-refractivity contribution in [1.82, 2.24) is 0 Å². The van der Waals surface area contributed by atoms with Crippen molar-refractivity contribution < 1.29 is 17.6 Å². The van der Waals surface area contributed by atoms with E-state index in [1.165, 1.54) is 48.5 Å². The van der Waals surface area contributed by atoms with E-state index in [0.717, 1.165) is 96.8 Å². The SMILES string of the molecule is Fc1ccc(C2=CC(=c3ccc(=C4C=C(c5ccc(F)cc5)N(c5cc6ccccc6s5)C(c5ccc(F)cc5)=C4)cc3)C=C(c3ccc(F)cc3)N2c2cc3ccccc3s2)cc1. The van der Waals surface area contributed by atoms with Gasteiger partial charge in [0.25, 0.3) is 0 Å². The molecule has 0 amide bonds. The van der Waals surface area contributed by atoms with E-state index < -0.39 is 0 Å². The molecule has 2 nitrogen and oxygen atoms in total. The van der Waals surface area contributed by atoms with Crippen molar-refractivity contribution in [2.24, 2.45) is 0 Å². The number of hydrogen-bond donors (Lipinski definition) is 0. The van der Waals surface area contributed by atoms with Gasteiger partial charge in [0.15, 0.2) is 0 Å². The molecule has 0 fully saturated rings. The summed E-state index contributed by atoms with van der Waals surface area (Å²) >= 11 is 3.31. The highest BCUT2D eigenvalue weighted by molar-refractivity contribution is 7.23. The van der Waals surface area contributed by atoms with Crippen LogP contribution in [-0.2, 0) is 0 Å². The smallest absolute Gasteiger partial charge is 0.123 e. The Labute approximate surface area is 374 Å². The fraction of sp³-hybridized carbons (Fsp3) is 0. The van der Waals surface area contributed by atoms with Crippen LogP contribution in [0.1, 0.15) is 22.3 Å². The Morgan fingerprint density at radius 3 is 0.875 bits per heavy atom. The highest BCUT2D eigenvalue weighted by Gasteiger charge is 2.28. The normalized spacial score (nSPS) is 14.2. The lowest BCUT2D eigenvalue weighted by molar-refractivity contribution is 0.627. The topological polar surface area (TPSA) is 6.48 Å². The first-order chi connectivity index (χ1) is 31.3. The van der Waals surface area contributed by atoms with Gasteiger partial charge in [0.05, 0.1) is 22.8 Å². The molecule has 0 unspecified atom stereocenters. The largest absolute Gasteiger partial charge is 0.301 e. The number of benzene rings is 7. The molecule has 0 spiro atoms. The number of allylic oxidation sites excluding steroid dienone is 4. The fourth-order valence-corrected chi connectivity index (χ4v) is 10.5. The molecule has 2 aromatic heterocycles. The van der Waals surface area contributed by atoms with Gasteiger partial charge < -0.3 is 9.80 Å². The minimum Gasteiger partial charge on any atom is -0.301 e. The lowest BCUT2D eigenvalue weighted by atomic mass is 9.95. The monoisotopic (exact) mass is 874 g/mol. The Morgan fingerprint density at radius 1 is 0.312 bits per heavy atom. The van der Waals surface area contributed by atoms with Crippen LogP contribution in [0.4, 0.5) is 27.6 Å². The van der Waals surface area contributed by atoms with E-state index >= 15 is 0 Å². The average molecular weight is 875 g/mol. The van der Waals surface area contributed by atoms with Crippen LogP contribution >= 0.6 is 22.7 Å². The first-order valence-electron chi connectivity index (χ1n) is 20.6. The highest BCUT2D eigenvalue weighted by atomic mass is 32.1. The molecule has 8 heteroatoms. The van der Waals surface area contributed by atoms with Crippen molar-refractivity contribution >= 4 is 86.8 Å². The molecule has 0 aliphatic carbocycles. The lowest BCUT2D eigenvalue weighted by Gasteiger charge is -2.33. The second kappa shape index (κ2) is 16.3. The molecule has 0 N–H and O–H groups in total. The summed E-state index contributed by atoms with van der Waals surface area (Å²) in [6, 6.07) is 55.1. The molecular weight excluding hydrogens is 841 g/mol. The number of anilines is 2. The van der Waals surface area contributed by atoms with Crippen LogP contribution in [-0.4, -0.2) is 0 Å². The van der Waals surface area contributed by atoms with Gasteiger partial charge in [-0.1, -0.05) is 60.7 Å². The molecule has 0 atom stereocenters. The summed E-state index contributed by atoms with van der Waals surface area (Å²) in [6.45, 7) is 0. The van der Waals surface area contributed by atoms with Crippen LogP contribution in [0.5, 0.6) is 0 Å². The highest BCUT2D eigenvalue weighted by Crippen LogP contribution is 2.46. The number of hydrogen-bond acceptors (Lipinski definition) is 4. The van der Waals surface area contributed by atoms with E-state index in [0.29, 0.717) is 0 Å². The molecule has 4 heterocycles. The molecule has 308 valence electrons. The van der Waals surface area contributed by atoms with Gasteiger partial charge in [0, 0.05) is 9.40 Å². The first-order valence-corrected chi connectivity index (χ1v) is 22.3. The molecular formula is C56H34F4N2S2. The maximum absolute atomic E-state index is 14.4. The van der Waals surface area contributed by atoms with Crippen molar-refractivity contribution in [3.05, 3.63) is 262 Å². The zero-order valence-electron chi connectivity index (χ0n) is 33.9. The molecule has 0 bridgehead atoms. The Kier molecular flexibility index (Phi) is 10.0. The molecule has 0 radical (unpaired) electrons. The molecule has 0 saturated heterocycles. The van der Waals surface area contributed by atoms with E-state index in [1.807, 2.05) is 24.3 Å². The predicted molar refractivity (Wildman–Crippen MR) is 259 cm³/mol. The second-order valence-corrected chi connectivity index (χ2v) is 17.7. The maximum atomic E-state index is 14.4.